The third kappa shape index (κ3) is 7.94. The summed E-state index contributed by atoms with van der Waals surface area (Å²) in [5.74, 6) is 1.83. The molecule has 1 aromatic heterocycles. The van der Waals surface area contributed by atoms with E-state index in [4.69, 9.17) is 4.74 Å². The number of carbonyl (C=O) groups is 1. The van der Waals surface area contributed by atoms with Crippen molar-refractivity contribution in [3.8, 4) is 0 Å². The number of imidazole rings is 1. The van der Waals surface area contributed by atoms with Gasteiger partial charge in [-0.1, -0.05) is 0 Å². The van der Waals surface area contributed by atoms with Crippen LogP contribution in [0.4, 0.5) is 4.79 Å². The smallest absolute Gasteiger partial charge is 0.410 e. The van der Waals surface area contributed by atoms with E-state index in [0.717, 1.165) is 37.7 Å². The van der Waals surface area contributed by atoms with Gasteiger partial charge in [-0.25, -0.2) is 9.78 Å². The number of aliphatic imine (C=N–C) groups is 1. The van der Waals surface area contributed by atoms with Crippen LogP contribution in [0.2, 0.25) is 0 Å². The molecule has 0 unspecified atom stereocenters. The summed E-state index contributed by atoms with van der Waals surface area (Å²) in [6, 6.07) is 0.210. The molecule has 8 nitrogen and oxygen atoms in total. The number of nitrogens with zero attached hydrogens (tertiary/aromatic N) is 4. The maximum atomic E-state index is 11.9. The molecule has 1 aromatic rings. The number of ether oxygens (including phenoxy) is 1. The summed E-state index contributed by atoms with van der Waals surface area (Å²) < 4.78 is 7.52. The molecule has 1 saturated heterocycles. The Balaban J connectivity index is 0.00000364. The molecule has 9 heteroatoms. The van der Waals surface area contributed by atoms with Gasteiger partial charge in [0.25, 0.3) is 0 Å². The summed E-state index contributed by atoms with van der Waals surface area (Å²) in [5.41, 5.74) is -0.456. The lowest BCUT2D eigenvalue weighted by Gasteiger charge is -2.40. The normalized spacial score (nSPS) is 15.0. The van der Waals surface area contributed by atoms with Crippen LogP contribution in [0.3, 0.4) is 0 Å². The number of halogens is 1. The highest BCUT2D eigenvalue weighted by molar-refractivity contribution is 14.0. The van der Waals surface area contributed by atoms with Crippen molar-refractivity contribution in [2.45, 2.75) is 58.7 Å². The van der Waals surface area contributed by atoms with Crippen molar-refractivity contribution in [3.63, 3.8) is 0 Å². The quantitative estimate of drug-likeness (QED) is 0.276. The molecule has 27 heavy (non-hydrogen) atoms. The minimum absolute atomic E-state index is 0. The number of hydrogen-bond acceptors (Lipinski definition) is 4. The molecule has 2 heterocycles. The van der Waals surface area contributed by atoms with Gasteiger partial charge in [0.05, 0.1) is 6.04 Å². The average molecular weight is 492 g/mol. The molecule has 0 aliphatic carbocycles. The fraction of sp³-hybridized carbons (Fsp3) is 0.722. The third-order valence-corrected chi connectivity index (χ3v) is 4.14. The topological polar surface area (TPSA) is 83.8 Å². The van der Waals surface area contributed by atoms with Gasteiger partial charge in [-0.2, -0.15) is 0 Å². The van der Waals surface area contributed by atoms with Crippen molar-refractivity contribution in [3.05, 3.63) is 18.2 Å². The van der Waals surface area contributed by atoms with Crippen molar-refractivity contribution < 1.29 is 9.53 Å². The molecule has 0 spiro atoms. The number of carbonyl (C=O) groups excluding carboxylic acids is 1. The molecule has 1 aliphatic heterocycles. The molecule has 0 bridgehead atoms. The lowest BCUT2D eigenvalue weighted by Crippen LogP contribution is -2.63. The Labute approximate surface area is 179 Å². The molecule has 1 amide bonds. The fourth-order valence-electron chi connectivity index (χ4n) is 2.69. The number of likely N-dealkylation sites (tertiary alicyclic amines) is 1. The first-order chi connectivity index (χ1) is 12.3. The van der Waals surface area contributed by atoms with Gasteiger partial charge >= 0.3 is 6.09 Å². The molecule has 0 saturated carbocycles. The number of nitrogens with one attached hydrogen (secondary N) is 2. The number of guanidine groups is 1. The highest BCUT2D eigenvalue weighted by Gasteiger charge is 2.34. The van der Waals surface area contributed by atoms with E-state index in [1.807, 2.05) is 40.1 Å². The van der Waals surface area contributed by atoms with Crippen molar-refractivity contribution in [2.24, 2.45) is 4.99 Å². The maximum absolute atomic E-state index is 11.9. The van der Waals surface area contributed by atoms with Crippen LogP contribution in [-0.2, 0) is 11.3 Å². The van der Waals surface area contributed by atoms with Gasteiger partial charge in [0.2, 0.25) is 0 Å². The molecule has 0 aromatic carbocycles. The molecule has 0 radical (unpaired) electrons. The van der Waals surface area contributed by atoms with Crippen LogP contribution in [0.5, 0.6) is 0 Å². The number of amides is 1. The van der Waals surface area contributed by atoms with Gasteiger partial charge in [0, 0.05) is 45.6 Å². The van der Waals surface area contributed by atoms with Crippen LogP contribution in [0.25, 0.3) is 0 Å². The van der Waals surface area contributed by atoms with Gasteiger partial charge in [-0.15, -0.1) is 24.0 Å². The molecule has 1 aliphatic rings. The Morgan fingerprint density at radius 3 is 2.63 bits per heavy atom. The predicted molar refractivity (Wildman–Crippen MR) is 118 cm³/mol. The van der Waals surface area contributed by atoms with Gasteiger partial charge < -0.3 is 24.8 Å². The third-order valence-electron chi connectivity index (χ3n) is 4.14. The first-order valence-electron chi connectivity index (χ1n) is 9.21. The van der Waals surface area contributed by atoms with Crippen LogP contribution >= 0.6 is 24.0 Å². The summed E-state index contributed by atoms with van der Waals surface area (Å²) >= 11 is 0. The van der Waals surface area contributed by atoms with Gasteiger partial charge in [0.1, 0.15) is 11.4 Å². The number of aromatic nitrogens is 2. The number of aryl methyl sites for hydroxylation is 2. The van der Waals surface area contributed by atoms with Gasteiger partial charge in [-0.3, -0.25) is 4.99 Å². The summed E-state index contributed by atoms with van der Waals surface area (Å²) in [6.45, 7) is 10.7. The number of unbranched alkanes of at least 4 members (excludes halogenated alkanes) is 1. The van der Waals surface area contributed by atoms with E-state index in [0.29, 0.717) is 13.1 Å². The Morgan fingerprint density at radius 1 is 1.37 bits per heavy atom. The average Bonchev–Trinajstić information content (AvgIpc) is 2.91. The molecule has 2 N–H and O–H groups in total. The van der Waals surface area contributed by atoms with E-state index in [1.165, 1.54) is 0 Å². The summed E-state index contributed by atoms with van der Waals surface area (Å²) in [7, 11) is 1.76. The van der Waals surface area contributed by atoms with E-state index in [1.54, 1.807) is 11.9 Å². The van der Waals surface area contributed by atoms with E-state index in [9.17, 15) is 4.79 Å². The summed E-state index contributed by atoms with van der Waals surface area (Å²) in [5, 5.41) is 6.66. The SMILES string of the molecule is CN=C(NCCCCn1ccnc1C)NC1CN(C(=O)OC(C)(C)C)C1.I. The molecule has 154 valence electrons. The van der Waals surface area contributed by atoms with E-state index >= 15 is 0 Å². The monoisotopic (exact) mass is 492 g/mol. The van der Waals surface area contributed by atoms with Crippen molar-refractivity contribution >= 4 is 36.0 Å². The molecular weight excluding hydrogens is 459 g/mol. The predicted octanol–water partition coefficient (Wildman–Crippen LogP) is 2.37. The minimum atomic E-state index is -0.456. The molecular formula is C18H33IN6O2. The van der Waals surface area contributed by atoms with Crippen LogP contribution in [0, 0.1) is 6.92 Å². The zero-order valence-corrected chi connectivity index (χ0v) is 19.3. The van der Waals surface area contributed by atoms with Crippen LogP contribution in [0.15, 0.2) is 17.4 Å². The van der Waals surface area contributed by atoms with E-state index < -0.39 is 5.60 Å². The first-order valence-corrected chi connectivity index (χ1v) is 9.21. The van der Waals surface area contributed by atoms with Gasteiger partial charge in [0.15, 0.2) is 5.96 Å². The lowest BCUT2D eigenvalue weighted by molar-refractivity contribution is 0.00701. The van der Waals surface area contributed by atoms with Crippen LogP contribution < -0.4 is 10.6 Å². The molecule has 0 atom stereocenters. The second-order valence-electron chi connectivity index (χ2n) is 7.60. The first kappa shape index (κ1) is 23.5. The zero-order chi connectivity index (χ0) is 19.2. The van der Waals surface area contributed by atoms with Gasteiger partial charge in [-0.05, 0) is 40.5 Å². The largest absolute Gasteiger partial charge is 0.444 e. The van der Waals surface area contributed by atoms with Crippen molar-refractivity contribution in [1.82, 2.24) is 25.1 Å². The Kier molecular flexibility index (Phi) is 9.34. The maximum Gasteiger partial charge on any atom is 0.410 e. The molecule has 2 rings (SSSR count). The number of rotatable bonds is 6. The Hall–Kier alpha value is -1.52. The van der Waals surface area contributed by atoms with Crippen molar-refractivity contribution in [2.75, 3.05) is 26.7 Å². The fourth-order valence-corrected chi connectivity index (χ4v) is 2.69. The van der Waals surface area contributed by atoms with Crippen LogP contribution in [-0.4, -0.2) is 64.8 Å². The Bertz CT molecular complexity index is 620. The summed E-state index contributed by atoms with van der Waals surface area (Å²) in [4.78, 5) is 22.1. The van der Waals surface area contributed by atoms with E-state index in [-0.39, 0.29) is 36.1 Å². The number of hydrogen-bond donors (Lipinski definition) is 2. The van der Waals surface area contributed by atoms with E-state index in [2.05, 4.69) is 25.2 Å². The highest BCUT2D eigenvalue weighted by Crippen LogP contribution is 2.15. The molecule has 1 fully saturated rings. The second-order valence-corrected chi connectivity index (χ2v) is 7.60. The van der Waals surface area contributed by atoms with Crippen molar-refractivity contribution in [1.29, 1.82) is 0 Å². The summed E-state index contributed by atoms with van der Waals surface area (Å²) in [6.07, 6.45) is 5.71. The highest BCUT2D eigenvalue weighted by atomic mass is 127. The second kappa shape index (κ2) is 10.7. The minimum Gasteiger partial charge on any atom is -0.444 e. The Morgan fingerprint density at radius 2 is 2.07 bits per heavy atom. The standard InChI is InChI=1S/C18H32N6O2.HI/c1-14-20-9-11-23(14)10-7-6-8-21-16(19-5)22-15-12-24(13-15)17(25)26-18(2,3)4;/h9,11,15H,6-8,10,12-13H2,1-5H3,(H2,19,21,22);1H. The zero-order valence-electron chi connectivity index (χ0n) is 17.0. The lowest BCUT2D eigenvalue weighted by atomic mass is 10.1. The van der Waals surface area contributed by atoms with Crippen LogP contribution in [0.1, 0.15) is 39.4 Å².